The maximum absolute atomic E-state index is 12.2. The Hall–Kier alpha value is -1.73. The van der Waals surface area contributed by atoms with Crippen molar-refractivity contribution in [1.82, 2.24) is 10.6 Å². The highest BCUT2D eigenvalue weighted by atomic mass is 19.3. The van der Waals surface area contributed by atoms with Crippen molar-refractivity contribution in [2.24, 2.45) is 0 Å². The molecule has 0 aromatic heterocycles. The Bertz CT molecular complexity index is 416. The summed E-state index contributed by atoms with van der Waals surface area (Å²) in [6, 6.07) is 6.34. The monoisotopic (exact) mass is 288 g/mol. The van der Waals surface area contributed by atoms with Crippen LogP contribution < -0.4 is 15.4 Å². The molecule has 0 radical (unpaired) electrons. The summed E-state index contributed by atoms with van der Waals surface area (Å²) in [6.07, 6.45) is 0. The number of amides is 1. The number of hydrogen-bond donors (Lipinski definition) is 2. The molecule has 0 aliphatic heterocycles. The minimum atomic E-state index is -2.89. The van der Waals surface area contributed by atoms with Gasteiger partial charge in [0.1, 0.15) is 5.75 Å². The van der Waals surface area contributed by atoms with Crippen LogP contribution in [-0.4, -0.2) is 39.3 Å². The van der Waals surface area contributed by atoms with Gasteiger partial charge >= 0.3 is 6.61 Å². The number of benzene rings is 1. The fraction of sp³-hybridized carbons (Fsp3) is 0.462. The Morgan fingerprint density at radius 1 is 1.35 bits per heavy atom. The molecule has 1 aromatic carbocycles. The van der Waals surface area contributed by atoms with Gasteiger partial charge in [0, 0.05) is 25.8 Å². The zero-order chi connectivity index (χ0) is 14.8. The van der Waals surface area contributed by atoms with Gasteiger partial charge in [0.15, 0.2) is 0 Å². The molecule has 0 atom stereocenters. The number of alkyl halides is 2. The van der Waals surface area contributed by atoms with E-state index < -0.39 is 6.61 Å². The second-order valence-electron chi connectivity index (χ2n) is 3.93. The topological polar surface area (TPSA) is 59.6 Å². The molecule has 0 aliphatic carbocycles. The normalized spacial score (nSPS) is 10.6. The molecular formula is C13H18F2N2O3. The molecule has 0 spiro atoms. The first-order valence-electron chi connectivity index (χ1n) is 6.12. The van der Waals surface area contributed by atoms with Crippen LogP contribution in [0.2, 0.25) is 0 Å². The highest BCUT2D eigenvalue weighted by Crippen LogP contribution is 2.19. The molecule has 20 heavy (non-hydrogen) atoms. The van der Waals surface area contributed by atoms with Gasteiger partial charge in [-0.3, -0.25) is 4.79 Å². The van der Waals surface area contributed by atoms with Crippen molar-refractivity contribution < 1.29 is 23.0 Å². The summed E-state index contributed by atoms with van der Waals surface area (Å²) in [5.74, 6) is -0.164. The van der Waals surface area contributed by atoms with Gasteiger partial charge in [-0.1, -0.05) is 18.2 Å². The lowest BCUT2D eigenvalue weighted by Gasteiger charge is -2.11. The van der Waals surface area contributed by atoms with E-state index in [1.54, 1.807) is 25.3 Å². The standard InChI is InChI=1S/C13H18F2N2O3/c1-19-7-6-16-9-12(18)17-8-10-4-2-3-5-11(10)20-13(14)15/h2-5,13,16H,6-9H2,1H3,(H,17,18). The number of nitrogens with one attached hydrogen (secondary N) is 2. The molecule has 0 aliphatic rings. The van der Waals surface area contributed by atoms with Gasteiger partial charge in [-0.15, -0.1) is 0 Å². The van der Waals surface area contributed by atoms with Crippen LogP contribution in [0.3, 0.4) is 0 Å². The van der Waals surface area contributed by atoms with Crippen molar-refractivity contribution in [1.29, 1.82) is 0 Å². The van der Waals surface area contributed by atoms with E-state index in [4.69, 9.17) is 4.74 Å². The minimum absolute atomic E-state index is 0.0649. The Kier molecular flexibility index (Phi) is 7.52. The number of hydrogen-bond acceptors (Lipinski definition) is 4. The number of halogens is 2. The number of para-hydroxylation sites is 1. The molecule has 0 bridgehead atoms. The third-order valence-electron chi connectivity index (χ3n) is 2.43. The molecule has 1 aromatic rings. The molecule has 7 heteroatoms. The van der Waals surface area contributed by atoms with Gasteiger partial charge in [0.2, 0.25) is 5.91 Å². The Morgan fingerprint density at radius 3 is 2.80 bits per heavy atom. The molecule has 2 N–H and O–H groups in total. The second kappa shape index (κ2) is 9.22. The third-order valence-corrected chi connectivity index (χ3v) is 2.43. The van der Waals surface area contributed by atoms with Crippen LogP contribution in [0.1, 0.15) is 5.56 Å². The predicted molar refractivity (Wildman–Crippen MR) is 69.7 cm³/mol. The lowest BCUT2D eigenvalue weighted by Crippen LogP contribution is -2.34. The van der Waals surface area contributed by atoms with Gasteiger partial charge < -0.3 is 20.1 Å². The van der Waals surface area contributed by atoms with Gasteiger partial charge in [0.25, 0.3) is 0 Å². The van der Waals surface area contributed by atoms with Crippen molar-refractivity contribution in [2.75, 3.05) is 26.8 Å². The molecule has 112 valence electrons. The van der Waals surface area contributed by atoms with Gasteiger partial charge in [-0.05, 0) is 6.07 Å². The molecule has 0 saturated carbocycles. The van der Waals surface area contributed by atoms with E-state index in [1.807, 2.05) is 0 Å². The maximum atomic E-state index is 12.2. The summed E-state index contributed by atoms with van der Waals surface area (Å²) >= 11 is 0. The van der Waals surface area contributed by atoms with Gasteiger partial charge in [-0.25, -0.2) is 0 Å². The van der Waals surface area contributed by atoms with Crippen molar-refractivity contribution in [3.05, 3.63) is 29.8 Å². The summed E-state index contributed by atoms with van der Waals surface area (Å²) in [6.45, 7) is -1.54. The van der Waals surface area contributed by atoms with E-state index in [-0.39, 0.29) is 24.7 Å². The van der Waals surface area contributed by atoms with Crippen molar-refractivity contribution in [3.8, 4) is 5.75 Å². The number of methoxy groups -OCH3 is 1. The van der Waals surface area contributed by atoms with E-state index in [0.29, 0.717) is 18.7 Å². The SMILES string of the molecule is COCCNCC(=O)NCc1ccccc1OC(F)F. The van der Waals surface area contributed by atoms with Crippen LogP contribution in [-0.2, 0) is 16.1 Å². The lowest BCUT2D eigenvalue weighted by atomic mass is 10.2. The largest absolute Gasteiger partial charge is 0.434 e. The molecule has 0 unspecified atom stereocenters. The lowest BCUT2D eigenvalue weighted by molar-refractivity contribution is -0.120. The van der Waals surface area contributed by atoms with Crippen LogP contribution in [0.4, 0.5) is 8.78 Å². The molecule has 1 rings (SSSR count). The van der Waals surface area contributed by atoms with E-state index in [9.17, 15) is 13.6 Å². The van der Waals surface area contributed by atoms with Crippen LogP contribution in [0.15, 0.2) is 24.3 Å². The Labute approximate surface area is 116 Å². The zero-order valence-electron chi connectivity index (χ0n) is 11.2. The summed E-state index contributed by atoms with van der Waals surface area (Å²) in [4.78, 5) is 11.5. The average molecular weight is 288 g/mol. The third kappa shape index (κ3) is 6.44. The van der Waals surface area contributed by atoms with Crippen LogP contribution in [0.5, 0.6) is 5.75 Å². The van der Waals surface area contributed by atoms with Crippen molar-refractivity contribution in [3.63, 3.8) is 0 Å². The number of ether oxygens (including phenoxy) is 2. The number of carbonyl (C=O) groups is 1. The number of rotatable bonds is 9. The van der Waals surface area contributed by atoms with E-state index >= 15 is 0 Å². The first-order chi connectivity index (χ1) is 9.63. The Morgan fingerprint density at radius 2 is 2.10 bits per heavy atom. The maximum Gasteiger partial charge on any atom is 0.387 e. The highest BCUT2D eigenvalue weighted by Gasteiger charge is 2.09. The quantitative estimate of drug-likeness (QED) is 0.669. The van der Waals surface area contributed by atoms with Crippen LogP contribution >= 0.6 is 0 Å². The highest BCUT2D eigenvalue weighted by molar-refractivity contribution is 5.78. The summed E-state index contributed by atoms with van der Waals surface area (Å²) < 4.78 is 33.6. The molecule has 0 saturated heterocycles. The van der Waals surface area contributed by atoms with E-state index in [2.05, 4.69) is 15.4 Å². The zero-order valence-corrected chi connectivity index (χ0v) is 11.2. The second-order valence-corrected chi connectivity index (χ2v) is 3.93. The Balaban J connectivity index is 2.39. The van der Waals surface area contributed by atoms with E-state index in [0.717, 1.165) is 0 Å². The molecule has 0 heterocycles. The molecule has 5 nitrogen and oxygen atoms in total. The van der Waals surface area contributed by atoms with E-state index in [1.165, 1.54) is 6.07 Å². The summed E-state index contributed by atoms with van der Waals surface area (Å²) in [5.41, 5.74) is 0.498. The van der Waals surface area contributed by atoms with Crippen molar-refractivity contribution >= 4 is 5.91 Å². The predicted octanol–water partition coefficient (Wildman–Crippen LogP) is 1.14. The van der Waals surface area contributed by atoms with Crippen LogP contribution in [0.25, 0.3) is 0 Å². The molecule has 0 fully saturated rings. The minimum Gasteiger partial charge on any atom is -0.434 e. The number of carbonyl (C=O) groups excluding carboxylic acids is 1. The van der Waals surface area contributed by atoms with Gasteiger partial charge in [0.05, 0.1) is 13.2 Å². The smallest absolute Gasteiger partial charge is 0.387 e. The average Bonchev–Trinajstić information content (AvgIpc) is 2.42. The van der Waals surface area contributed by atoms with Crippen LogP contribution in [0, 0.1) is 0 Å². The molecular weight excluding hydrogens is 270 g/mol. The van der Waals surface area contributed by atoms with Crippen molar-refractivity contribution in [2.45, 2.75) is 13.2 Å². The first-order valence-corrected chi connectivity index (χ1v) is 6.12. The fourth-order valence-electron chi connectivity index (χ4n) is 1.49. The fourth-order valence-corrected chi connectivity index (χ4v) is 1.49. The summed E-state index contributed by atoms with van der Waals surface area (Å²) in [5, 5.41) is 5.50. The molecule has 1 amide bonds. The summed E-state index contributed by atoms with van der Waals surface area (Å²) in [7, 11) is 1.57. The van der Waals surface area contributed by atoms with Gasteiger partial charge in [-0.2, -0.15) is 8.78 Å². The first kappa shape index (κ1) is 16.3.